The first-order valence-corrected chi connectivity index (χ1v) is 9.26. The van der Waals surface area contributed by atoms with Crippen LogP contribution in [0.3, 0.4) is 0 Å². The van der Waals surface area contributed by atoms with Gasteiger partial charge in [0, 0.05) is 12.5 Å². The summed E-state index contributed by atoms with van der Waals surface area (Å²) in [5.74, 6) is 0.536. The fourth-order valence-corrected chi connectivity index (χ4v) is 4.52. The van der Waals surface area contributed by atoms with E-state index in [1.54, 1.807) is 12.3 Å². The molecule has 1 saturated carbocycles. The Kier molecular flexibility index (Phi) is 5.38. The lowest BCUT2D eigenvalue weighted by Crippen LogP contribution is -2.39. The van der Waals surface area contributed by atoms with Gasteiger partial charge in [-0.2, -0.15) is 0 Å². The maximum atomic E-state index is 12.5. The predicted octanol–water partition coefficient (Wildman–Crippen LogP) is 2.85. The first-order chi connectivity index (χ1) is 11.1. The van der Waals surface area contributed by atoms with Crippen LogP contribution in [0, 0.1) is 0 Å². The van der Waals surface area contributed by atoms with Gasteiger partial charge in [-0.15, -0.1) is 0 Å². The topological polar surface area (TPSA) is 62.6 Å². The predicted molar refractivity (Wildman–Crippen MR) is 92.9 cm³/mol. The van der Waals surface area contributed by atoms with Gasteiger partial charge in [0.05, 0.1) is 18.1 Å². The maximum absolute atomic E-state index is 12.5. The van der Waals surface area contributed by atoms with Crippen LogP contribution in [0.5, 0.6) is 0 Å². The smallest absolute Gasteiger partial charge is 0.242 e. The number of furan rings is 1. The number of nitrogens with zero attached hydrogens (tertiary/aromatic N) is 1. The van der Waals surface area contributed by atoms with Crippen molar-refractivity contribution in [2.24, 2.45) is 0 Å². The Balaban J connectivity index is 1.53. The summed E-state index contributed by atoms with van der Waals surface area (Å²) in [6, 6.07) is 3.86. The Morgan fingerprint density at radius 3 is 2.87 bits per heavy atom. The molecule has 7 heteroatoms. The second-order valence-electron chi connectivity index (χ2n) is 5.98. The van der Waals surface area contributed by atoms with E-state index in [9.17, 15) is 9.59 Å². The molecule has 124 valence electrons. The van der Waals surface area contributed by atoms with E-state index >= 15 is 0 Å². The third-order valence-electron chi connectivity index (χ3n) is 4.24. The Hall–Kier alpha value is -1.34. The molecule has 2 fully saturated rings. The number of thiocarbonyl (C=S) groups is 1. The number of carbonyl (C=O) groups is 2. The summed E-state index contributed by atoms with van der Waals surface area (Å²) < 4.78 is 5.78. The van der Waals surface area contributed by atoms with Gasteiger partial charge in [-0.1, -0.05) is 43.2 Å². The van der Waals surface area contributed by atoms with Gasteiger partial charge in [-0.3, -0.25) is 14.5 Å². The van der Waals surface area contributed by atoms with Crippen LogP contribution in [0.15, 0.2) is 22.8 Å². The number of nitrogens with one attached hydrogen (secondary N) is 1. The summed E-state index contributed by atoms with van der Waals surface area (Å²) in [7, 11) is 0. The van der Waals surface area contributed by atoms with E-state index in [2.05, 4.69) is 5.32 Å². The maximum Gasteiger partial charge on any atom is 0.242 e. The van der Waals surface area contributed by atoms with Gasteiger partial charge in [0.1, 0.15) is 10.1 Å². The van der Waals surface area contributed by atoms with Gasteiger partial charge in [-0.25, -0.2) is 0 Å². The van der Waals surface area contributed by atoms with Crippen molar-refractivity contribution >= 4 is 40.1 Å². The third-order valence-corrected chi connectivity index (χ3v) is 5.82. The standard InChI is InChI=1S/C16H20N2O3S2/c19-14(17-11-5-2-1-3-6-11)9-13-15(20)18(16(22)23-13)10-12-7-4-8-21-12/h4,7-8,11,13H,1-3,5-6,9-10H2,(H,17,19). The van der Waals surface area contributed by atoms with Crippen molar-refractivity contribution in [1.82, 2.24) is 10.2 Å². The number of hydrogen-bond acceptors (Lipinski definition) is 5. The van der Waals surface area contributed by atoms with Crippen molar-refractivity contribution < 1.29 is 14.0 Å². The first-order valence-electron chi connectivity index (χ1n) is 7.97. The third kappa shape index (κ3) is 4.14. The van der Waals surface area contributed by atoms with Crippen molar-refractivity contribution in [2.75, 3.05) is 0 Å². The van der Waals surface area contributed by atoms with Crippen LogP contribution >= 0.6 is 24.0 Å². The molecule has 3 rings (SSSR count). The highest BCUT2D eigenvalue weighted by Crippen LogP contribution is 2.31. The summed E-state index contributed by atoms with van der Waals surface area (Å²) >= 11 is 6.58. The normalized spacial score (nSPS) is 22.6. The van der Waals surface area contributed by atoms with Gasteiger partial charge >= 0.3 is 0 Å². The number of hydrogen-bond donors (Lipinski definition) is 1. The zero-order chi connectivity index (χ0) is 16.2. The van der Waals surface area contributed by atoms with E-state index < -0.39 is 5.25 Å². The van der Waals surface area contributed by atoms with E-state index in [1.165, 1.54) is 35.9 Å². The first kappa shape index (κ1) is 16.5. The number of thioether (sulfide) groups is 1. The molecular weight excluding hydrogens is 332 g/mol. The number of carbonyl (C=O) groups excluding carboxylic acids is 2. The molecule has 0 spiro atoms. The van der Waals surface area contributed by atoms with E-state index in [-0.39, 0.29) is 24.3 Å². The molecular formula is C16H20N2O3S2. The Labute approximate surface area is 145 Å². The molecule has 1 unspecified atom stereocenters. The van der Waals surface area contributed by atoms with Crippen molar-refractivity contribution in [3.05, 3.63) is 24.2 Å². The fraction of sp³-hybridized carbons (Fsp3) is 0.562. The summed E-state index contributed by atoms with van der Waals surface area (Å²) in [4.78, 5) is 26.2. The fourth-order valence-electron chi connectivity index (χ4n) is 3.03. The summed E-state index contributed by atoms with van der Waals surface area (Å²) in [5, 5.41) is 2.64. The van der Waals surface area contributed by atoms with Crippen LogP contribution in [-0.2, 0) is 16.1 Å². The molecule has 2 amide bonds. The lowest BCUT2D eigenvalue weighted by Gasteiger charge is -2.23. The van der Waals surface area contributed by atoms with E-state index in [0.29, 0.717) is 16.6 Å². The average molecular weight is 352 g/mol. The molecule has 1 atom stereocenters. The minimum atomic E-state index is -0.416. The van der Waals surface area contributed by atoms with Crippen molar-refractivity contribution in [3.8, 4) is 0 Å². The molecule has 0 bridgehead atoms. The lowest BCUT2D eigenvalue weighted by molar-refractivity contribution is -0.130. The molecule has 1 aromatic rings. The molecule has 0 radical (unpaired) electrons. The van der Waals surface area contributed by atoms with Crippen LogP contribution in [0.25, 0.3) is 0 Å². The minimum absolute atomic E-state index is 0.0506. The largest absolute Gasteiger partial charge is 0.467 e. The monoisotopic (exact) mass is 352 g/mol. The molecule has 0 aromatic carbocycles. The minimum Gasteiger partial charge on any atom is -0.467 e. The van der Waals surface area contributed by atoms with Gasteiger partial charge in [0.15, 0.2) is 0 Å². The van der Waals surface area contributed by atoms with Crippen molar-refractivity contribution in [3.63, 3.8) is 0 Å². The Bertz CT molecular complexity index is 582. The van der Waals surface area contributed by atoms with E-state index in [0.717, 1.165) is 12.8 Å². The molecule has 1 aromatic heterocycles. The van der Waals surface area contributed by atoms with Gasteiger partial charge in [0.2, 0.25) is 11.8 Å². The van der Waals surface area contributed by atoms with Crippen molar-refractivity contribution in [1.29, 1.82) is 0 Å². The van der Waals surface area contributed by atoms with Crippen LogP contribution in [0.1, 0.15) is 44.3 Å². The summed E-state index contributed by atoms with van der Waals surface area (Å²) in [6.07, 6.45) is 7.43. The van der Waals surface area contributed by atoms with Gasteiger partial charge in [-0.05, 0) is 25.0 Å². The number of rotatable bonds is 5. The molecule has 1 aliphatic carbocycles. The molecule has 1 N–H and O–H groups in total. The zero-order valence-electron chi connectivity index (χ0n) is 12.8. The molecule has 23 heavy (non-hydrogen) atoms. The zero-order valence-corrected chi connectivity index (χ0v) is 14.5. The highest BCUT2D eigenvalue weighted by atomic mass is 32.2. The van der Waals surface area contributed by atoms with E-state index in [1.807, 2.05) is 6.07 Å². The molecule has 2 heterocycles. The lowest BCUT2D eigenvalue weighted by atomic mass is 9.95. The highest BCUT2D eigenvalue weighted by molar-refractivity contribution is 8.24. The molecule has 2 aliphatic rings. The molecule has 5 nitrogen and oxygen atoms in total. The second kappa shape index (κ2) is 7.49. The second-order valence-corrected chi connectivity index (χ2v) is 7.82. The number of amides is 2. The quantitative estimate of drug-likeness (QED) is 0.826. The van der Waals surface area contributed by atoms with Gasteiger partial charge in [0.25, 0.3) is 0 Å². The van der Waals surface area contributed by atoms with Crippen LogP contribution in [0.2, 0.25) is 0 Å². The molecule has 1 saturated heterocycles. The average Bonchev–Trinajstić information content (AvgIpc) is 3.13. The Morgan fingerprint density at radius 2 is 2.17 bits per heavy atom. The van der Waals surface area contributed by atoms with Crippen LogP contribution in [-0.4, -0.2) is 32.3 Å². The van der Waals surface area contributed by atoms with Crippen LogP contribution < -0.4 is 5.32 Å². The highest BCUT2D eigenvalue weighted by Gasteiger charge is 2.38. The Morgan fingerprint density at radius 1 is 1.39 bits per heavy atom. The van der Waals surface area contributed by atoms with Gasteiger partial charge < -0.3 is 9.73 Å². The summed E-state index contributed by atoms with van der Waals surface area (Å²) in [5.41, 5.74) is 0. The van der Waals surface area contributed by atoms with Crippen LogP contribution in [0.4, 0.5) is 0 Å². The molecule has 1 aliphatic heterocycles. The van der Waals surface area contributed by atoms with E-state index in [4.69, 9.17) is 16.6 Å². The van der Waals surface area contributed by atoms with Crippen molar-refractivity contribution in [2.45, 2.75) is 56.4 Å². The summed E-state index contributed by atoms with van der Waals surface area (Å²) in [6.45, 7) is 0.332. The SMILES string of the molecule is O=C(CC1SC(=S)N(Cc2ccco2)C1=O)NC1CCCCC1.